The van der Waals surface area contributed by atoms with Crippen LogP contribution in [0.25, 0.3) is 0 Å². The Balaban J connectivity index is 2.03. The molecule has 1 atom stereocenters. The largest absolute Gasteiger partial charge is 0.367 e. The number of Topliss-reactive ketones (excluding diaryl/α,β-unsaturated/α-hetero) is 1. The topological polar surface area (TPSA) is 20.1 Å². The third-order valence-electron chi connectivity index (χ3n) is 3.00. The van der Waals surface area contributed by atoms with E-state index in [1.807, 2.05) is 0 Å². The quantitative estimate of drug-likeness (QED) is 0.480. The summed E-state index contributed by atoms with van der Waals surface area (Å²) < 4.78 is 0. The van der Waals surface area contributed by atoms with E-state index >= 15 is 0 Å². The number of nitrogens with zero attached hydrogens (tertiary/aromatic N) is 1. The average molecular weight is 149 g/mol. The predicted molar refractivity (Wildman–Crippen MR) is 41.0 cm³/mol. The Morgan fingerprint density at radius 3 is 3.09 bits per heavy atom. The number of hydrogen-bond acceptors (Lipinski definition) is 2. The molecule has 0 aromatic rings. The van der Waals surface area contributed by atoms with Crippen LogP contribution in [0.2, 0.25) is 0 Å². The minimum absolute atomic E-state index is 0.429. The summed E-state index contributed by atoms with van der Waals surface area (Å²) in [6, 6.07) is 0.738. The van der Waals surface area contributed by atoms with Gasteiger partial charge < -0.3 is 4.90 Å². The number of fused-ring (bicyclic) bond motifs is 2. The second-order valence-corrected chi connectivity index (χ2v) is 3.71. The van der Waals surface area contributed by atoms with Crippen molar-refractivity contribution in [3.8, 4) is 0 Å². The van der Waals surface area contributed by atoms with Crippen molar-refractivity contribution < 1.29 is 4.79 Å². The summed E-state index contributed by atoms with van der Waals surface area (Å²) in [5, 5.41) is 0. The standard InChI is InChI=1S/C9H11NO/c11-9-3-1-2-8-7(9)4-6-5-10(6)8/h6H,1-5H2/t6-,10?/m0/s1. The number of carbonyl (C=O) groups is 1. The first-order chi connectivity index (χ1) is 5.36. The lowest BCUT2D eigenvalue weighted by Crippen LogP contribution is -2.12. The zero-order valence-corrected chi connectivity index (χ0v) is 6.47. The number of allylic oxidation sites excluding steroid dienone is 1. The first-order valence-electron chi connectivity index (χ1n) is 4.38. The average Bonchev–Trinajstić information content (AvgIpc) is 2.67. The van der Waals surface area contributed by atoms with Crippen LogP contribution in [0.4, 0.5) is 0 Å². The van der Waals surface area contributed by atoms with Crippen LogP contribution in [0.5, 0.6) is 0 Å². The Bertz CT molecular complexity index is 267. The molecule has 2 heteroatoms. The molecule has 0 radical (unpaired) electrons. The third kappa shape index (κ3) is 0.647. The predicted octanol–water partition coefficient (Wildman–Crippen LogP) is 1.08. The molecule has 3 rings (SSSR count). The molecule has 2 aliphatic heterocycles. The molecule has 0 unspecified atom stereocenters. The second kappa shape index (κ2) is 1.68. The van der Waals surface area contributed by atoms with Crippen molar-refractivity contribution in [3.63, 3.8) is 0 Å². The molecule has 1 aliphatic carbocycles. The highest BCUT2D eigenvalue weighted by Gasteiger charge is 2.45. The fourth-order valence-corrected chi connectivity index (χ4v) is 2.35. The van der Waals surface area contributed by atoms with Crippen molar-refractivity contribution in [1.82, 2.24) is 4.90 Å². The Hall–Kier alpha value is -0.790. The summed E-state index contributed by atoms with van der Waals surface area (Å²) in [4.78, 5) is 13.8. The van der Waals surface area contributed by atoms with Crippen LogP contribution < -0.4 is 0 Å². The van der Waals surface area contributed by atoms with E-state index in [0.717, 1.165) is 31.7 Å². The Morgan fingerprint density at radius 2 is 2.27 bits per heavy atom. The zero-order valence-electron chi connectivity index (χ0n) is 6.47. The van der Waals surface area contributed by atoms with Gasteiger partial charge in [-0.2, -0.15) is 0 Å². The summed E-state index contributed by atoms with van der Waals surface area (Å²) >= 11 is 0. The van der Waals surface area contributed by atoms with E-state index in [0.29, 0.717) is 5.78 Å². The molecule has 0 amide bonds. The molecular formula is C9H11NO. The van der Waals surface area contributed by atoms with Gasteiger partial charge in [0.1, 0.15) is 0 Å². The van der Waals surface area contributed by atoms with Gasteiger partial charge in [-0.15, -0.1) is 0 Å². The van der Waals surface area contributed by atoms with Gasteiger partial charge in [0.05, 0.1) is 6.04 Å². The third-order valence-corrected chi connectivity index (χ3v) is 3.00. The monoisotopic (exact) mass is 149 g/mol. The molecule has 2 heterocycles. The molecule has 1 saturated heterocycles. The number of hydrogen-bond donors (Lipinski definition) is 0. The molecule has 11 heavy (non-hydrogen) atoms. The van der Waals surface area contributed by atoms with Gasteiger partial charge in [0.15, 0.2) is 5.78 Å². The summed E-state index contributed by atoms with van der Waals surface area (Å²) in [6.45, 7) is 1.23. The van der Waals surface area contributed by atoms with E-state index < -0.39 is 0 Å². The van der Waals surface area contributed by atoms with Gasteiger partial charge >= 0.3 is 0 Å². The molecular weight excluding hydrogens is 138 g/mol. The summed E-state index contributed by atoms with van der Waals surface area (Å²) in [7, 11) is 0. The SMILES string of the molecule is O=C1CCCC2=C1C[C@H]1CN21. The Morgan fingerprint density at radius 1 is 1.36 bits per heavy atom. The molecule has 0 spiro atoms. The lowest BCUT2D eigenvalue weighted by Gasteiger charge is -2.14. The zero-order chi connectivity index (χ0) is 7.42. The molecule has 2 nitrogen and oxygen atoms in total. The van der Waals surface area contributed by atoms with Gasteiger partial charge in [-0.25, -0.2) is 0 Å². The maximum Gasteiger partial charge on any atom is 0.160 e. The molecule has 58 valence electrons. The van der Waals surface area contributed by atoms with Crippen molar-refractivity contribution in [2.24, 2.45) is 0 Å². The molecule has 0 aromatic carbocycles. The van der Waals surface area contributed by atoms with Crippen LogP contribution in [-0.2, 0) is 4.79 Å². The van der Waals surface area contributed by atoms with Gasteiger partial charge in [-0.3, -0.25) is 4.79 Å². The number of carbonyl (C=O) groups excluding carboxylic acids is 1. The van der Waals surface area contributed by atoms with E-state index in [4.69, 9.17) is 0 Å². The summed E-state index contributed by atoms with van der Waals surface area (Å²) in [5.74, 6) is 0.429. The van der Waals surface area contributed by atoms with Crippen LogP contribution in [0.3, 0.4) is 0 Å². The maximum atomic E-state index is 11.4. The lowest BCUT2D eigenvalue weighted by atomic mass is 9.94. The van der Waals surface area contributed by atoms with Gasteiger partial charge in [0, 0.05) is 24.2 Å². The highest BCUT2D eigenvalue weighted by atomic mass is 16.1. The van der Waals surface area contributed by atoms with E-state index in [2.05, 4.69) is 4.90 Å². The van der Waals surface area contributed by atoms with Gasteiger partial charge in [0.2, 0.25) is 0 Å². The van der Waals surface area contributed by atoms with Crippen LogP contribution >= 0.6 is 0 Å². The summed E-state index contributed by atoms with van der Waals surface area (Å²) in [5.41, 5.74) is 2.57. The maximum absolute atomic E-state index is 11.4. The fourth-order valence-electron chi connectivity index (χ4n) is 2.35. The van der Waals surface area contributed by atoms with Gasteiger partial charge in [-0.05, 0) is 19.3 Å². The normalized spacial score (nSPS) is 34.0. The minimum atomic E-state index is 0.429. The van der Waals surface area contributed by atoms with E-state index in [-0.39, 0.29) is 0 Å². The Kier molecular flexibility index (Phi) is 0.888. The van der Waals surface area contributed by atoms with Crippen LogP contribution in [0.15, 0.2) is 11.3 Å². The van der Waals surface area contributed by atoms with E-state index in [1.165, 1.54) is 17.8 Å². The second-order valence-electron chi connectivity index (χ2n) is 3.71. The van der Waals surface area contributed by atoms with E-state index in [9.17, 15) is 4.79 Å². The van der Waals surface area contributed by atoms with E-state index in [1.54, 1.807) is 0 Å². The molecule has 1 fully saturated rings. The van der Waals surface area contributed by atoms with Crippen molar-refractivity contribution in [3.05, 3.63) is 11.3 Å². The van der Waals surface area contributed by atoms with Crippen molar-refractivity contribution in [2.75, 3.05) is 6.54 Å². The number of ketones is 1. The van der Waals surface area contributed by atoms with Gasteiger partial charge in [0.25, 0.3) is 0 Å². The molecule has 0 N–H and O–H groups in total. The number of rotatable bonds is 0. The van der Waals surface area contributed by atoms with Crippen molar-refractivity contribution in [1.29, 1.82) is 0 Å². The fraction of sp³-hybridized carbons (Fsp3) is 0.667. The highest BCUT2D eigenvalue weighted by Crippen LogP contribution is 2.44. The first-order valence-corrected chi connectivity index (χ1v) is 4.38. The van der Waals surface area contributed by atoms with Crippen molar-refractivity contribution in [2.45, 2.75) is 31.7 Å². The molecule has 0 aromatic heterocycles. The lowest BCUT2D eigenvalue weighted by molar-refractivity contribution is -0.116. The highest BCUT2D eigenvalue weighted by molar-refractivity contribution is 5.97. The summed E-state index contributed by atoms with van der Waals surface area (Å²) in [6.07, 6.45) is 4.12. The van der Waals surface area contributed by atoms with Crippen molar-refractivity contribution >= 4 is 5.78 Å². The minimum Gasteiger partial charge on any atom is -0.367 e. The molecule has 3 aliphatic rings. The van der Waals surface area contributed by atoms with Crippen LogP contribution in [-0.4, -0.2) is 23.3 Å². The Labute approximate surface area is 65.9 Å². The van der Waals surface area contributed by atoms with Gasteiger partial charge in [-0.1, -0.05) is 0 Å². The molecule has 0 bridgehead atoms. The van der Waals surface area contributed by atoms with Crippen LogP contribution in [0.1, 0.15) is 25.7 Å². The first kappa shape index (κ1) is 5.81. The molecule has 0 saturated carbocycles. The van der Waals surface area contributed by atoms with Crippen LogP contribution in [0, 0.1) is 0 Å². The smallest absolute Gasteiger partial charge is 0.160 e.